The summed E-state index contributed by atoms with van der Waals surface area (Å²) in [5.74, 6) is 0. The highest BCUT2D eigenvalue weighted by Gasteiger charge is 1.72. The van der Waals surface area contributed by atoms with Gasteiger partial charge in [0.1, 0.15) is 0 Å². The fourth-order valence-corrected chi connectivity index (χ4v) is 0.919. The summed E-state index contributed by atoms with van der Waals surface area (Å²) < 4.78 is 0. The second-order valence-corrected chi connectivity index (χ2v) is 2.81. The highest BCUT2D eigenvalue weighted by atomic mass is 13.8. The van der Waals surface area contributed by atoms with E-state index in [1.54, 1.807) is 0 Å². The molecule has 0 heteroatoms. The molecule has 2 aromatic rings. The van der Waals surface area contributed by atoms with E-state index in [0.29, 0.717) is 0 Å². The number of benzene rings is 2. The Hall–Kier alpha value is -1.56. The third-order valence-electron chi connectivity index (χ3n) is 1.61. The summed E-state index contributed by atoms with van der Waals surface area (Å²) in [5.41, 5.74) is 1.32. The van der Waals surface area contributed by atoms with Gasteiger partial charge in [-0.15, -0.1) is 0 Å². The second kappa shape index (κ2) is 16.9. The average Bonchev–Trinajstić information content (AvgIpc) is 2.47. The highest BCUT2D eigenvalue weighted by Crippen LogP contribution is 1.92. The molecule has 2 aromatic carbocycles. The molecule has 17 heavy (non-hydrogen) atoms. The first-order chi connectivity index (χ1) is 8.39. The van der Waals surface area contributed by atoms with Crippen molar-refractivity contribution in [1.82, 2.24) is 0 Å². The zero-order chi connectivity index (χ0) is 13.4. The van der Waals surface area contributed by atoms with E-state index in [0.717, 1.165) is 0 Å². The molecule has 0 radical (unpaired) electrons. The lowest BCUT2D eigenvalue weighted by molar-refractivity contribution is 1.48. The molecule has 0 heterocycles. The van der Waals surface area contributed by atoms with Crippen molar-refractivity contribution in [1.29, 1.82) is 0 Å². The van der Waals surface area contributed by atoms with E-state index < -0.39 is 0 Å². The molecule has 0 aliphatic rings. The number of hydrogen-bond acceptors (Lipinski definition) is 0. The highest BCUT2D eigenvalue weighted by molar-refractivity contribution is 5.11. The van der Waals surface area contributed by atoms with Gasteiger partial charge in [-0.2, -0.15) is 0 Å². The molecule has 0 amide bonds. The molecule has 0 N–H and O–H groups in total. The first-order valence-corrected chi connectivity index (χ1v) is 6.41. The monoisotopic (exact) mass is 230 g/mol. The van der Waals surface area contributed by atoms with Crippen molar-refractivity contribution >= 4 is 0 Å². The van der Waals surface area contributed by atoms with Gasteiger partial charge in [-0.25, -0.2) is 0 Å². The van der Waals surface area contributed by atoms with Gasteiger partial charge in [-0.05, 0) is 6.92 Å². The van der Waals surface area contributed by atoms with Gasteiger partial charge in [0, 0.05) is 0 Å². The number of hydrogen-bond donors (Lipinski definition) is 0. The van der Waals surface area contributed by atoms with Gasteiger partial charge < -0.3 is 0 Å². The van der Waals surface area contributed by atoms with Crippen LogP contribution in [0.15, 0.2) is 66.7 Å². The van der Waals surface area contributed by atoms with Crippen LogP contribution in [0.5, 0.6) is 0 Å². The fraction of sp³-hybridized carbons (Fsp3) is 0.294. The van der Waals surface area contributed by atoms with E-state index in [-0.39, 0.29) is 0 Å². The summed E-state index contributed by atoms with van der Waals surface area (Å²) in [5, 5.41) is 0. The van der Waals surface area contributed by atoms with Gasteiger partial charge in [0.25, 0.3) is 0 Å². The molecular formula is C17H26. The molecule has 0 unspecified atom stereocenters. The van der Waals surface area contributed by atoms with E-state index >= 15 is 0 Å². The van der Waals surface area contributed by atoms with Crippen molar-refractivity contribution in [2.45, 2.75) is 34.6 Å². The van der Waals surface area contributed by atoms with Crippen LogP contribution in [0, 0.1) is 6.92 Å². The number of rotatable bonds is 0. The van der Waals surface area contributed by atoms with E-state index in [1.807, 2.05) is 82.3 Å². The first-order valence-electron chi connectivity index (χ1n) is 6.41. The maximum absolute atomic E-state index is 2.08. The van der Waals surface area contributed by atoms with Crippen LogP contribution in [0.1, 0.15) is 33.3 Å². The SMILES string of the molecule is CC.CC.Cc1ccccc1.c1ccccc1. The molecule has 0 saturated carbocycles. The Kier molecular flexibility index (Phi) is 17.7. The Morgan fingerprint density at radius 1 is 0.471 bits per heavy atom. The van der Waals surface area contributed by atoms with Crippen LogP contribution in [0.4, 0.5) is 0 Å². The van der Waals surface area contributed by atoms with Crippen LogP contribution in [-0.4, -0.2) is 0 Å². The minimum absolute atomic E-state index is 1.32. The predicted molar refractivity (Wildman–Crippen MR) is 80.3 cm³/mol. The minimum Gasteiger partial charge on any atom is -0.0683 e. The molecule has 0 fully saturated rings. The topological polar surface area (TPSA) is 0 Å². The van der Waals surface area contributed by atoms with Gasteiger partial charge in [0.15, 0.2) is 0 Å². The summed E-state index contributed by atoms with van der Waals surface area (Å²) in [4.78, 5) is 0. The van der Waals surface area contributed by atoms with Gasteiger partial charge in [0.05, 0.1) is 0 Å². The molecule has 0 atom stereocenters. The largest absolute Gasteiger partial charge is 0.0683 e. The average molecular weight is 230 g/mol. The van der Waals surface area contributed by atoms with Crippen LogP contribution >= 0.6 is 0 Å². The van der Waals surface area contributed by atoms with Crippen LogP contribution in [0.3, 0.4) is 0 Å². The summed E-state index contributed by atoms with van der Waals surface area (Å²) in [6.45, 7) is 10.1. The lowest BCUT2D eigenvalue weighted by Crippen LogP contribution is -1.62. The van der Waals surface area contributed by atoms with Crippen molar-refractivity contribution in [2.24, 2.45) is 0 Å². The summed E-state index contributed by atoms with van der Waals surface area (Å²) in [7, 11) is 0. The zero-order valence-electron chi connectivity index (χ0n) is 11.9. The summed E-state index contributed by atoms with van der Waals surface area (Å²) >= 11 is 0. The van der Waals surface area contributed by atoms with E-state index in [1.165, 1.54) is 5.56 Å². The van der Waals surface area contributed by atoms with E-state index in [4.69, 9.17) is 0 Å². The molecular weight excluding hydrogens is 204 g/mol. The molecule has 2 rings (SSSR count). The Labute approximate surface area is 107 Å². The molecule has 0 saturated heterocycles. The molecule has 0 aliphatic heterocycles. The van der Waals surface area contributed by atoms with Gasteiger partial charge in [-0.1, -0.05) is 100.0 Å². The van der Waals surface area contributed by atoms with Crippen LogP contribution in [-0.2, 0) is 0 Å². The van der Waals surface area contributed by atoms with Crippen molar-refractivity contribution < 1.29 is 0 Å². The molecule has 0 bridgehead atoms. The van der Waals surface area contributed by atoms with Crippen LogP contribution in [0.25, 0.3) is 0 Å². The standard InChI is InChI=1S/C7H8.C6H6.2C2H6/c1-7-5-3-2-4-6-7;1-2-4-6-5-3-1;2*1-2/h2-6H,1H3;1-6H;2*1-2H3. The summed E-state index contributed by atoms with van der Waals surface area (Å²) in [6.07, 6.45) is 0. The number of aryl methyl sites for hydroxylation is 1. The third kappa shape index (κ3) is 14.4. The molecule has 0 spiro atoms. The van der Waals surface area contributed by atoms with Gasteiger partial charge in [-0.3, -0.25) is 0 Å². The summed E-state index contributed by atoms with van der Waals surface area (Å²) in [6, 6.07) is 22.3. The van der Waals surface area contributed by atoms with Crippen molar-refractivity contribution in [3.63, 3.8) is 0 Å². The van der Waals surface area contributed by atoms with E-state index in [9.17, 15) is 0 Å². The first kappa shape index (κ1) is 17.8. The lowest BCUT2D eigenvalue weighted by atomic mass is 10.2. The van der Waals surface area contributed by atoms with Crippen molar-refractivity contribution in [2.75, 3.05) is 0 Å². The predicted octanol–water partition coefficient (Wildman–Crippen LogP) is 5.73. The Bertz CT molecular complexity index is 271. The maximum Gasteiger partial charge on any atom is -0.0398 e. The molecule has 0 aliphatic carbocycles. The fourth-order valence-electron chi connectivity index (χ4n) is 0.919. The Balaban J connectivity index is 0. The molecule has 94 valence electrons. The lowest BCUT2D eigenvalue weighted by Gasteiger charge is -1.82. The van der Waals surface area contributed by atoms with Gasteiger partial charge >= 0.3 is 0 Å². The van der Waals surface area contributed by atoms with Crippen molar-refractivity contribution in [3.8, 4) is 0 Å². The van der Waals surface area contributed by atoms with Crippen LogP contribution in [0.2, 0.25) is 0 Å². The molecule has 0 nitrogen and oxygen atoms in total. The Morgan fingerprint density at radius 3 is 0.882 bits per heavy atom. The van der Waals surface area contributed by atoms with E-state index in [2.05, 4.69) is 19.1 Å². The third-order valence-corrected chi connectivity index (χ3v) is 1.61. The van der Waals surface area contributed by atoms with Crippen molar-refractivity contribution in [3.05, 3.63) is 72.3 Å². The Morgan fingerprint density at radius 2 is 0.706 bits per heavy atom. The molecule has 0 aromatic heterocycles. The quantitative estimate of drug-likeness (QED) is 0.542. The second-order valence-electron chi connectivity index (χ2n) is 2.81. The normalized spacial score (nSPS) is 7.12. The zero-order valence-corrected chi connectivity index (χ0v) is 11.9. The smallest absolute Gasteiger partial charge is 0.0398 e. The van der Waals surface area contributed by atoms with Gasteiger partial charge in [0.2, 0.25) is 0 Å². The van der Waals surface area contributed by atoms with Crippen LogP contribution < -0.4 is 0 Å². The minimum atomic E-state index is 1.32. The maximum atomic E-state index is 2.08.